The summed E-state index contributed by atoms with van der Waals surface area (Å²) in [5, 5.41) is 39.3. The maximum absolute atomic E-state index is 13.3. The van der Waals surface area contributed by atoms with Crippen LogP contribution < -0.4 is 31.3 Å². The standard InChI is InChI=1S/C29H36ClN11O4/c1-5-34-26-27-35-14-19(13-32)41(27)40-28(39-26)37-21-9-17(12-31)10-23(25(21)30)45-24(42)11-18(8-16(2)3)36-22-15-33-7-6-20(22)38-29(43)44-4/h9-10,14,16,18,20,22,33,36H,5-8,11,15H2,1-4H3,(H,38,43)(H2,34,37,39,40)/t18-,20?,22?/m1/s1. The summed E-state index contributed by atoms with van der Waals surface area (Å²) in [7, 11) is 1.32. The second-order valence-electron chi connectivity index (χ2n) is 10.9. The van der Waals surface area contributed by atoms with Gasteiger partial charge in [-0.15, -0.1) is 5.10 Å². The number of alkyl carbamates (subject to hydrolysis) is 1. The Morgan fingerprint density at radius 2 is 2.04 bits per heavy atom. The molecule has 0 aliphatic carbocycles. The quantitative estimate of drug-likeness (QED) is 0.143. The number of amides is 1. The minimum absolute atomic E-state index is 0.00981. The van der Waals surface area contributed by atoms with Crippen LogP contribution in [0.5, 0.6) is 5.75 Å². The van der Waals surface area contributed by atoms with Crippen molar-refractivity contribution >= 4 is 46.8 Å². The predicted molar refractivity (Wildman–Crippen MR) is 166 cm³/mol. The molecule has 1 fully saturated rings. The molecule has 15 nitrogen and oxygen atoms in total. The number of nitrogens with one attached hydrogen (secondary N) is 5. The fourth-order valence-corrected chi connectivity index (χ4v) is 5.30. The topological polar surface area (TPSA) is 203 Å². The van der Waals surface area contributed by atoms with Crippen molar-refractivity contribution < 1.29 is 19.1 Å². The number of carbonyl (C=O) groups is 2. The molecule has 45 heavy (non-hydrogen) atoms. The molecule has 4 rings (SSSR count). The molecule has 0 radical (unpaired) electrons. The summed E-state index contributed by atoms with van der Waals surface area (Å²) in [6, 6.07) is 6.36. The number of aromatic nitrogens is 4. The van der Waals surface area contributed by atoms with Crippen LogP contribution in [0.3, 0.4) is 0 Å². The molecule has 1 aliphatic rings. The van der Waals surface area contributed by atoms with Crippen molar-refractivity contribution in [3.63, 3.8) is 0 Å². The average Bonchev–Trinajstić information content (AvgIpc) is 3.43. The smallest absolute Gasteiger partial charge is 0.407 e. The minimum Gasteiger partial charge on any atom is -0.453 e. The summed E-state index contributed by atoms with van der Waals surface area (Å²) in [5.41, 5.74) is 0.967. The first-order valence-corrected chi connectivity index (χ1v) is 15.0. The Kier molecular flexibility index (Phi) is 11.3. The highest BCUT2D eigenvalue weighted by molar-refractivity contribution is 6.35. The van der Waals surface area contributed by atoms with Crippen molar-refractivity contribution in [3.8, 4) is 17.9 Å². The fourth-order valence-electron chi connectivity index (χ4n) is 5.11. The van der Waals surface area contributed by atoms with Crippen molar-refractivity contribution in [3.05, 3.63) is 34.6 Å². The highest BCUT2D eigenvalue weighted by atomic mass is 35.5. The van der Waals surface area contributed by atoms with Crippen LogP contribution >= 0.6 is 11.6 Å². The first kappa shape index (κ1) is 33.2. The normalized spacial score (nSPS) is 16.8. The third-order valence-electron chi connectivity index (χ3n) is 7.05. The number of carbonyl (C=O) groups excluding carboxylic acids is 2. The van der Waals surface area contributed by atoms with Crippen molar-refractivity contribution in [2.24, 2.45) is 5.92 Å². The summed E-state index contributed by atoms with van der Waals surface area (Å²) in [5.74, 6) is 0.156. The van der Waals surface area contributed by atoms with Crippen LogP contribution in [0.15, 0.2) is 18.3 Å². The molecule has 5 N–H and O–H groups in total. The second-order valence-corrected chi connectivity index (χ2v) is 11.3. The van der Waals surface area contributed by atoms with Gasteiger partial charge in [-0.25, -0.2) is 9.78 Å². The summed E-state index contributed by atoms with van der Waals surface area (Å²) in [6.07, 6.45) is 2.26. The zero-order valence-electron chi connectivity index (χ0n) is 25.5. The van der Waals surface area contributed by atoms with Crippen molar-refractivity contribution in [1.29, 1.82) is 10.5 Å². The van der Waals surface area contributed by atoms with Gasteiger partial charge in [-0.2, -0.15) is 20.0 Å². The van der Waals surface area contributed by atoms with E-state index in [9.17, 15) is 20.1 Å². The molecule has 0 spiro atoms. The van der Waals surface area contributed by atoms with Gasteiger partial charge in [-0.1, -0.05) is 25.4 Å². The lowest BCUT2D eigenvalue weighted by atomic mass is 9.96. The summed E-state index contributed by atoms with van der Waals surface area (Å²) >= 11 is 6.68. The SMILES string of the molecule is CCNc1nc(Nc2cc(C#N)cc(OC(=O)C[C@@H](CC(C)C)NC3CNCCC3NC(=O)OC)c2Cl)nn2c(C#N)cnc12. The van der Waals surface area contributed by atoms with Crippen LogP contribution in [0.25, 0.3) is 5.65 Å². The number of rotatable bonds is 12. The number of hydrogen-bond acceptors (Lipinski definition) is 13. The van der Waals surface area contributed by atoms with Gasteiger partial charge in [-0.05, 0) is 38.3 Å². The molecule has 1 saturated heterocycles. The predicted octanol–water partition coefficient (Wildman–Crippen LogP) is 3.08. The minimum atomic E-state index is -0.554. The highest BCUT2D eigenvalue weighted by Gasteiger charge is 2.30. The molecule has 1 aromatic carbocycles. The van der Waals surface area contributed by atoms with Crippen LogP contribution in [0.1, 0.15) is 51.3 Å². The Bertz CT molecular complexity index is 1610. The highest BCUT2D eigenvalue weighted by Crippen LogP contribution is 2.36. The fraction of sp³-hybridized carbons (Fsp3) is 0.483. The monoisotopic (exact) mass is 637 g/mol. The molecule has 3 aromatic rings. The molecular formula is C29H36ClN11O4. The molecule has 238 valence electrons. The van der Waals surface area contributed by atoms with E-state index in [2.05, 4.69) is 61.6 Å². The molecule has 1 amide bonds. The van der Waals surface area contributed by atoms with Gasteiger partial charge in [0, 0.05) is 37.3 Å². The van der Waals surface area contributed by atoms with Crippen molar-refractivity contribution in [2.75, 3.05) is 37.4 Å². The number of anilines is 3. The number of piperidine rings is 1. The Morgan fingerprint density at radius 3 is 2.73 bits per heavy atom. The number of nitriles is 2. The van der Waals surface area contributed by atoms with Gasteiger partial charge in [0.15, 0.2) is 22.9 Å². The second kappa shape index (κ2) is 15.3. The number of fused-ring (bicyclic) bond motifs is 1. The summed E-state index contributed by atoms with van der Waals surface area (Å²) in [4.78, 5) is 33.8. The molecule has 3 atom stereocenters. The maximum Gasteiger partial charge on any atom is 0.407 e. The van der Waals surface area contributed by atoms with E-state index in [0.717, 1.165) is 6.54 Å². The summed E-state index contributed by atoms with van der Waals surface area (Å²) in [6.45, 7) is 7.88. The number of esters is 1. The third-order valence-corrected chi connectivity index (χ3v) is 7.44. The Hall–Kier alpha value is -4.70. The number of ether oxygens (including phenoxy) is 2. The van der Waals surface area contributed by atoms with E-state index in [4.69, 9.17) is 21.1 Å². The molecular weight excluding hydrogens is 602 g/mol. The third kappa shape index (κ3) is 8.48. The first-order valence-electron chi connectivity index (χ1n) is 14.6. The zero-order valence-corrected chi connectivity index (χ0v) is 26.2. The van der Waals surface area contributed by atoms with E-state index in [1.807, 2.05) is 13.0 Å². The molecule has 16 heteroatoms. The van der Waals surface area contributed by atoms with Crippen molar-refractivity contribution in [1.82, 2.24) is 35.5 Å². The van der Waals surface area contributed by atoms with Gasteiger partial charge in [0.25, 0.3) is 0 Å². The first-order chi connectivity index (χ1) is 21.6. The van der Waals surface area contributed by atoms with Gasteiger partial charge < -0.3 is 36.1 Å². The number of nitrogens with zero attached hydrogens (tertiary/aromatic N) is 6. The van der Waals surface area contributed by atoms with E-state index < -0.39 is 12.1 Å². The van der Waals surface area contributed by atoms with Gasteiger partial charge >= 0.3 is 12.1 Å². The number of imidazole rings is 1. The average molecular weight is 638 g/mol. The molecule has 2 aromatic heterocycles. The Balaban J connectivity index is 1.54. The van der Waals surface area contributed by atoms with Gasteiger partial charge in [0.1, 0.15) is 11.1 Å². The largest absolute Gasteiger partial charge is 0.453 e. The number of halogens is 1. The van der Waals surface area contributed by atoms with Crippen LogP contribution in [0, 0.1) is 28.6 Å². The lowest BCUT2D eigenvalue weighted by Gasteiger charge is -2.36. The number of benzene rings is 1. The van der Waals surface area contributed by atoms with E-state index in [-0.39, 0.29) is 64.1 Å². The van der Waals surface area contributed by atoms with Crippen LogP contribution in [0.4, 0.5) is 22.2 Å². The molecule has 3 heterocycles. The number of hydrogen-bond donors (Lipinski definition) is 5. The van der Waals surface area contributed by atoms with E-state index in [1.165, 1.54) is 30.0 Å². The zero-order chi connectivity index (χ0) is 32.5. The van der Waals surface area contributed by atoms with E-state index >= 15 is 0 Å². The van der Waals surface area contributed by atoms with Crippen LogP contribution in [0.2, 0.25) is 5.02 Å². The Labute approximate surface area is 265 Å². The molecule has 1 aliphatic heterocycles. The molecule has 2 unspecified atom stereocenters. The number of methoxy groups -OCH3 is 1. The maximum atomic E-state index is 13.3. The van der Waals surface area contributed by atoms with Crippen molar-refractivity contribution in [2.45, 2.75) is 58.2 Å². The Morgan fingerprint density at radius 1 is 1.24 bits per heavy atom. The van der Waals surface area contributed by atoms with Gasteiger partial charge in [0.2, 0.25) is 5.95 Å². The lowest BCUT2D eigenvalue weighted by molar-refractivity contribution is -0.135. The van der Waals surface area contributed by atoms with Gasteiger partial charge in [0.05, 0.1) is 37.0 Å². The lowest BCUT2D eigenvalue weighted by Crippen LogP contribution is -2.60. The van der Waals surface area contributed by atoms with E-state index in [0.29, 0.717) is 37.4 Å². The van der Waals surface area contributed by atoms with Crippen LogP contribution in [-0.2, 0) is 9.53 Å². The van der Waals surface area contributed by atoms with Crippen LogP contribution in [-0.4, -0.2) is 76.5 Å². The molecule has 0 saturated carbocycles. The van der Waals surface area contributed by atoms with E-state index in [1.54, 1.807) is 0 Å². The summed E-state index contributed by atoms with van der Waals surface area (Å²) < 4.78 is 11.8. The van der Waals surface area contributed by atoms with Gasteiger partial charge in [-0.3, -0.25) is 4.79 Å². The molecule has 0 bridgehead atoms.